The van der Waals surface area contributed by atoms with Crippen LogP contribution in [0, 0.1) is 13.8 Å². The van der Waals surface area contributed by atoms with Crippen LogP contribution in [0.5, 0.6) is 0 Å². The molecule has 4 rings (SSSR count). The Bertz CT molecular complexity index is 1080. The number of amides is 1. The first kappa shape index (κ1) is 17.2. The third kappa shape index (κ3) is 3.66. The van der Waals surface area contributed by atoms with Crippen LogP contribution in [-0.4, -0.2) is 20.4 Å². The number of rotatable bonds is 4. The monoisotopic (exact) mass is 374 g/mol. The molecule has 134 valence electrons. The number of hydrogen-bond donors (Lipinski definition) is 1. The quantitative estimate of drug-likeness (QED) is 0.555. The number of aromatic nitrogens is 3. The smallest absolute Gasteiger partial charge is 0.257 e. The van der Waals surface area contributed by atoms with Crippen LogP contribution in [0.3, 0.4) is 0 Å². The van der Waals surface area contributed by atoms with Crippen molar-refractivity contribution in [2.24, 2.45) is 0 Å². The molecule has 2 aromatic heterocycles. The number of imidazole rings is 1. The maximum absolute atomic E-state index is 12.5. The van der Waals surface area contributed by atoms with Gasteiger partial charge >= 0.3 is 0 Å². The van der Waals surface area contributed by atoms with Gasteiger partial charge in [0.2, 0.25) is 0 Å². The first-order chi connectivity index (χ1) is 13.1. The molecule has 0 unspecified atom stereocenters. The molecule has 27 heavy (non-hydrogen) atoms. The van der Waals surface area contributed by atoms with Crippen molar-refractivity contribution in [2.75, 3.05) is 5.32 Å². The average Bonchev–Trinajstić information content (AvgIpc) is 3.34. The molecule has 0 saturated carbocycles. The van der Waals surface area contributed by atoms with Gasteiger partial charge < -0.3 is 4.57 Å². The second-order valence-corrected chi connectivity index (χ2v) is 7.19. The van der Waals surface area contributed by atoms with Gasteiger partial charge in [-0.1, -0.05) is 23.8 Å². The maximum atomic E-state index is 12.5. The lowest BCUT2D eigenvalue weighted by Gasteiger charge is -2.05. The number of carbonyl (C=O) groups is 1. The maximum Gasteiger partial charge on any atom is 0.257 e. The summed E-state index contributed by atoms with van der Waals surface area (Å²) in [5.74, 6) is -0.172. The molecular weight excluding hydrogens is 356 g/mol. The lowest BCUT2D eigenvalue weighted by Crippen LogP contribution is -2.11. The fraction of sp³-hybridized carbons (Fsp3) is 0.0952. The number of thiazole rings is 1. The Morgan fingerprint density at radius 3 is 2.63 bits per heavy atom. The summed E-state index contributed by atoms with van der Waals surface area (Å²) in [6.45, 7) is 4.14. The van der Waals surface area contributed by atoms with Crippen LogP contribution < -0.4 is 5.32 Å². The molecule has 2 heterocycles. The molecule has 0 atom stereocenters. The highest BCUT2D eigenvalue weighted by atomic mass is 32.1. The van der Waals surface area contributed by atoms with E-state index in [0.717, 1.165) is 16.9 Å². The molecule has 0 aliphatic carbocycles. The van der Waals surface area contributed by atoms with E-state index in [-0.39, 0.29) is 5.91 Å². The molecule has 0 radical (unpaired) electrons. The molecule has 6 heteroatoms. The number of carbonyl (C=O) groups excluding carboxylic acids is 1. The third-order valence-corrected chi connectivity index (χ3v) is 5.07. The molecule has 0 spiro atoms. The van der Waals surface area contributed by atoms with E-state index in [0.29, 0.717) is 10.7 Å². The SMILES string of the molecule is Cc1ccc(-c2csc(NC(=O)c3ccc(-n4ccnc4)cc3)n2)c(C)c1. The van der Waals surface area contributed by atoms with Gasteiger partial charge in [-0.3, -0.25) is 10.1 Å². The standard InChI is InChI=1S/C21H18N4OS/c1-14-3-8-18(15(2)11-14)19-12-27-21(23-19)24-20(26)16-4-6-17(7-5-16)25-10-9-22-13-25/h3-13H,1-2H3,(H,23,24,26). The van der Waals surface area contributed by atoms with Crippen LogP contribution in [0.4, 0.5) is 5.13 Å². The third-order valence-electron chi connectivity index (χ3n) is 4.31. The summed E-state index contributed by atoms with van der Waals surface area (Å²) in [5, 5.41) is 5.44. The largest absolute Gasteiger partial charge is 0.306 e. The van der Waals surface area contributed by atoms with E-state index in [1.165, 1.54) is 22.5 Å². The summed E-state index contributed by atoms with van der Waals surface area (Å²) in [5.41, 5.74) is 5.90. The van der Waals surface area contributed by atoms with Crippen molar-refractivity contribution in [1.82, 2.24) is 14.5 Å². The number of hydrogen-bond acceptors (Lipinski definition) is 4. The summed E-state index contributed by atoms with van der Waals surface area (Å²) in [4.78, 5) is 21.1. The lowest BCUT2D eigenvalue weighted by molar-refractivity contribution is 0.102. The summed E-state index contributed by atoms with van der Waals surface area (Å²) < 4.78 is 1.89. The van der Waals surface area contributed by atoms with Gasteiger partial charge in [0, 0.05) is 34.6 Å². The Kier molecular flexibility index (Phi) is 4.56. The van der Waals surface area contributed by atoms with E-state index in [1.54, 1.807) is 24.7 Å². The molecule has 0 bridgehead atoms. The minimum Gasteiger partial charge on any atom is -0.306 e. The fourth-order valence-electron chi connectivity index (χ4n) is 2.92. The van der Waals surface area contributed by atoms with E-state index in [9.17, 15) is 4.79 Å². The van der Waals surface area contributed by atoms with Gasteiger partial charge in [-0.15, -0.1) is 11.3 Å². The summed E-state index contributed by atoms with van der Waals surface area (Å²) in [7, 11) is 0. The van der Waals surface area contributed by atoms with Crippen LogP contribution >= 0.6 is 11.3 Å². The zero-order chi connectivity index (χ0) is 18.8. The number of aryl methyl sites for hydroxylation is 2. The molecule has 1 amide bonds. The fourth-order valence-corrected chi connectivity index (χ4v) is 3.63. The molecule has 4 aromatic rings. The highest BCUT2D eigenvalue weighted by Crippen LogP contribution is 2.28. The second-order valence-electron chi connectivity index (χ2n) is 6.33. The molecule has 0 saturated heterocycles. The Morgan fingerprint density at radius 1 is 1.11 bits per heavy atom. The number of benzene rings is 2. The number of nitrogens with zero attached hydrogens (tertiary/aromatic N) is 3. The average molecular weight is 374 g/mol. The van der Waals surface area contributed by atoms with E-state index < -0.39 is 0 Å². The highest BCUT2D eigenvalue weighted by Gasteiger charge is 2.11. The summed E-state index contributed by atoms with van der Waals surface area (Å²) in [6.07, 6.45) is 5.30. The van der Waals surface area contributed by atoms with E-state index >= 15 is 0 Å². The molecule has 5 nitrogen and oxygen atoms in total. The molecule has 0 aliphatic rings. The minimum absolute atomic E-state index is 0.172. The van der Waals surface area contributed by atoms with Gasteiger partial charge in [-0.05, 0) is 43.7 Å². The summed E-state index contributed by atoms with van der Waals surface area (Å²) in [6, 6.07) is 13.6. The van der Waals surface area contributed by atoms with Crippen LogP contribution in [-0.2, 0) is 0 Å². The number of nitrogens with one attached hydrogen (secondary N) is 1. The summed E-state index contributed by atoms with van der Waals surface area (Å²) >= 11 is 1.43. The molecule has 0 fully saturated rings. The zero-order valence-electron chi connectivity index (χ0n) is 15.0. The highest BCUT2D eigenvalue weighted by molar-refractivity contribution is 7.14. The topological polar surface area (TPSA) is 59.8 Å². The Labute approximate surface area is 161 Å². The van der Waals surface area contributed by atoms with E-state index in [4.69, 9.17) is 0 Å². The zero-order valence-corrected chi connectivity index (χ0v) is 15.8. The van der Waals surface area contributed by atoms with E-state index in [1.807, 2.05) is 28.3 Å². The molecule has 2 aromatic carbocycles. The van der Waals surface area contributed by atoms with Crippen molar-refractivity contribution in [2.45, 2.75) is 13.8 Å². The Hall–Kier alpha value is -3.25. The van der Waals surface area contributed by atoms with Crippen molar-refractivity contribution in [3.63, 3.8) is 0 Å². The predicted octanol–water partition coefficient (Wildman–Crippen LogP) is 4.86. The van der Waals surface area contributed by atoms with Gasteiger partial charge in [-0.25, -0.2) is 9.97 Å². The van der Waals surface area contributed by atoms with Gasteiger partial charge in [0.25, 0.3) is 5.91 Å². The van der Waals surface area contributed by atoms with Crippen molar-refractivity contribution >= 4 is 22.4 Å². The normalized spacial score (nSPS) is 10.7. The van der Waals surface area contributed by atoms with Crippen LogP contribution in [0.1, 0.15) is 21.5 Å². The first-order valence-electron chi connectivity index (χ1n) is 8.53. The Balaban J connectivity index is 1.49. The van der Waals surface area contributed by atoms with Gasteiger partial charge in [0.1, 0.15) is 0 Å². The Morgan fingerprint density at radius 2 is 1.93 bits per heavy atom. The van der Waals surface area contributed by atoms with Crippen LogP contribution in [0.15, 0.2) is 66.6 Å². The van der Waals surface area contributed by atoms with Crippen LogP contribution in [0.2, 0.25) is 0 Å². The lowest BCUT2D eigenvalue weighted by atomic mass is 10.0. The van der Waals surface area contributed by atoms with Crippen LogP contribution in [0.25, 0.3) is 16.9 Å². The molecule has 0 aliphatic heterocycles. The van der Waals surface area contributed by atoms with Gasteiger partial charge in [-0.2, -0.15) is 0 Å². The predicted molar refractivity (Wildman–Crippen MR) is 109 cm³/mol. The number of anilines is 1. The van der Waals surface area contributed by atoms with Gasteiger partial charge in [0.15, 0.2) is 5.13 Å². The second kappa shape index (κ2) is 7.17. The van der Waals surface area contributed by atoms with Crippen molar-refractivity contribution in [1.29, 1.82) is 0 Å². The minimum atomic E-state index is -0.172. The van der Waals surface area contributed by atoms with Crippen molar-refractivity contribution in [3.8, 4) is 16.9 Å². The molecular formula is C21H18N4OS. The van der Waals surface area contributed by atoms with Crippen molar-refractivity contribution in [3.05, 3.63) is 83.3 Å². The first-order valence-corrected chi connectivity index (χ1v) is 9.41. The molecule has 1 N–H and O–H groups in total. The van der Waals surface area contributed by atoms with Crippen molar-refractivity contribution < 1.29 is 4.79 Å². The van der Waals surface area contributed by atoms with Gasteiger partial charge in [0.05, 0.1) is 12.0 Å². The van der Waals surface area contributed by atoms with E-state index in [2.05, 4.69) is 47.3 Å².